The SMILES string of the molecule is COc1cc(NC(C)=O)cc2c1C(=O)C(=O)N2. The molecule has 0 fully saturated rings. The van der Waals surface area contributed by atoms with Crippen LogP contribution in [0.15, 0.2) is 12.1 Å². The summed E-state index contributed by atoms with van der Waals surface area (Å²) < 4.78 is 5.03. The van der Waals surface area contributed by atoms with Crippen molar-refractivity contribution in [3.8, 4) is 5.75 Å². The largest absolute Gasteiger partial charge is 0.496 e. The van der Waals surface area contributed by atoms with Crippen LogP contribution in [-0.2, 0) is 9.59 Å². The summed E-state index contributed by atoms with van der Waals surface area (Å²) in [6, 6.07) is 3.01. The minimum atomic E-state index is -0.696. The van der Waals surface area contributed by atoms with Crippen LogP contribution in [0.25, 0.3) is 0 Å². The maximum Gasteiger partial charge on any atom is 0.297 e. The van der Waals surface area contributed by atoms with Crippen molar-refractivity contribution in [1.29, 1.82) is 0 Å². The predicted octanol–water partition coefficient (Wildman–Crippen LogP) is 0.788. The van der Waals surface area contributed by atoms with Crippen molar-refractivity contribution in [2.45, 2.75) is 6.92 Å². The van der Waals surface area contributed by atoms with Crippen LogP contribution in [0.1, 0.15) is 17.3 Å². The van der Waals surface area contributed by atoms with Gasteiger partial charge in [0.15, 0.2) is 0 Å². The topological polar surface area (TPSA) is 84.5 Å². The molecule has 2 rings (SSSR count). The molecular weight excluding hydrogens is 224 g/mol. The Morgan fingerprint density at radius 2 is 2.06 bits per heavy atom. The Labute approximate surface area is 96.9 Å². The molecule has 0 radical (unpaired) electrons. The van der Waals surface area contributed by atoms with E-state index >= 15 is 0 Å². The van der Waals surface area contributed by atoms with Crippen molar-refractivity contribution >= 4 is 29.0 Å². The maximum atomic E-state index is 11.5. The van der Waals surface area contributed by atoms with E-state index in [-0.39, 0.29) is 17.2 Å². The number of carbonyl (C=O) groups is 3. The molecule has 1 aromatic rings. The van der Waals surface area contributed by atoms with Gasteiger partial charge in [-0.3, -0.25) is 14.4 Å². The molecule has 2 amide bonds. The van der Waals surface area contributed by atoms with E-state index < -0.39 is 11.7 Å². The van der Waals surface area contributed by atoms with E-state index in [4.69, 9.17) is 4.74 Å². The zero-order chi connectivity index (χ0) is 12.6. The Kier molecular flexibility index (Phi) is 2.55. The van der Waals surface area contributed by atoms with E-state index in [2.05, 4.69) is 10.6 Å². The minimum Gasteiger partial charge on any atom is -0.496 e. The molecule has 1 aromatic carbocycles. The Morgan fingerprint density at radius 3 is 2.65 bits per heavy atom. The lowest BCUT2D eigenvalue weighted by atomic mass is 10.1. The molecule has 0 saturated carbocycles. The molecule has 0 aromatic heterocycles. The number of hydrogen-bond donors (Lipinski definition) is 2. The van der Waals surface area contributed by atoms with Crippen LogP contribution < -0.4 is 15.4 Å². The second kappa shape index (κ2) is 3.89. The van der Waals surface area contributed by atoms with Crippen LogP contribution in [0.3, 0.4) is 0 Å². The zero-order valence-electron chi connectivity index (χ0n) is 9.29. The van der Waals surface area contributed by atoms with Gasteiger partial charge in [0.2, 0.25) is 5.91 Å². The molecule has 6 heteroatoms. The van der Waals surface area contributed by atoms with Crippen LogP contribution in [0.5, 0.6) is 5.75 Å². The molecular formula is C11H10N2O4. The van der Waals surface area contributed by atoms with Crippen molar-refractivity contribution in [2.24, 2.45) is 0 Å². The quantitative estimate of drug-likeness (QED) is 0.741. The smallest absolute Gasteiger partial charge is 0.297 e. The van der Waals surface area contributed by atoms with Crippen LogP contribution >= 0.6 is 0 Å². The summed E-state index contributed by atoms with van der Waals surface area (Å²) in [5, 5.41) is 4.97. The molecule has 17 heavy (non-hydrogen) atoms. The summed E-state index contributed by atoms with van der Waals surface area (Å²) in [5.41, 5.74) is 1.01. The third-order valence-corrected chi connectivity index (χ3v) is 2.32. The Bertz CT molecular complexity index is 537. The predicted molar refractivity (Wildman–Crippen MR) is 60.3 cm³/mol. The second-order valence-electron chi connectivity index (χ2n) is 3.57. The molecule has 0 unspecified atom stereocenters. The van der Waals surface area contributed by atoms with E-state index in [1.807, 2.05) is 0 Å². The summed E-state index contributed by atoms with van der Waals surface area (Å²) in [6.07, 6.45) is 0. The number of benzene rings is 1. The van der Waals surface area contributed by atoms with Gasteiger partial charge in [-0.25, -0.2) is 0 Å². The zero-order valence-corrected chi connectivity index (χ0v) is 9.29. The first-order valence-corrected chi connectivity index (χ1v) is 4.88. The van der Waals surface area contributed by atoms with Crippen LogP contribution in [-0.4, -0.2) is 24.7 Å². The number of rotatable bonds is 2. The van der Waals surface area contributed by atoms with Crippen molar-refractivity contribution in [3.63, 3.8) is 0 Å². The van der Waals surface area contributed by atoms with Crippen LogP contribution in [0.4, 0.5) is 11.4 Å². The number of Topliss-reactive ketones (excluding diaryl/α,β-unsaturated/α-hetero) is 1. The highest BCUT2D eigenvalue weighted by Gasteiger charge is 2.32. The lowest BCUT2D eigenvalue weighted by Crippen LogP contribution is -2.12. The fourth-order valence-electron chi connectivity index (χ4n) is 1.68. The fourth-order valence-corrected chi connectivity index (χ4v) is 1.68. The summed E-state index contributed by atoms with van der Waals surface area (Å²) in [5.74, 6) is -1.32. The highest BCUT2D eigenvalue weighted by atomic mass is 16.5. The lowest BCUT2D eigenvalue weighted by Gasteiger charge is -2.09. The fraction of sp³-hybridized carbons (Fsp3) is 0.182. The monoisotopic (exact) mass is 234 g/mol. The molecule has 0 spiro atoms. The molecule has 0 bridgehead atoms. The number of carbonyl (C=O) groups excluding carboxylic acids is 3. The molecule has 1 heterocycles. The summed E-state index contributed by atoms with van der Waals surface area (Å²) >= 11 is 0. The standard InChI is InChI=1S/C11H10N2O4/c1-5(14)12-6-3-7-9(8(4-6)17-2)10(15)11(16)13-7/h3-4H,1-2H3,(H,12,14)(H,13,15,16). The van der Waals surface area contributed by atoms with Crippen LogP contribution in [0.2, 0.25) is 0 Å². The molecule has 0 aliphatic carbocycles. The molecule has 1 aliphatic rings. The van der Waals surface area contributed by atoms with E-state index in [0.717, 1.165) is 0 Å². The average Bonchev–Trinajstić information content (AvgIpc) is 2.53. The number of hydrogen-bond acceptors (Lipinski definition) is 4. The van der Waals surface area contributed by atoms with Crippen molar-refractivity contribution in [3.05, 3.63) is 17.7 Å². The molecule has 88 valence electrons. The summed E-state index contributed by atoms with van der Waals surface area (Å²) in [6.45, 7) is 1.36. The van der Waals surface area contributed by atoms with E-state index in [1.54, 1.807) is 0 Å². The van der Waals surface area contributed by atoms with Gasteiger partial charge in [-0.05, 0) is 6.07 Å². The van der Waals surface area contributed by atoms with Crippen molar-refractivity contribution < 1.29 is 19.1 Å². The Morgan fingerprint density at radius 1 is 1.35 bits per heavy atom. The molecule has 0 atom stereocenters. The molecule has 2 N–H and O–H groups in total. The third kappa shape index (κ3) is 1.84. The normalized spacial score (nSPS) is 13.1. The molecule has 0 saturated heterocycles. The number of nitrogens with one attached hydrogen (secondary N) is 2. The summed E-state index contributed by atoms with van der Waals surface area (Å²) in [7, 11) is 1.39. The van der Waals surface area contributed by atoms with Gasteiger partial charge >= 0.3 is 0 Å². The highest BCUT2D eigenvalue weighted by molar-refractivity contribution is 6.52. The number of methoxy groups -OCH3 is 1. The molecule has 6 nitrogen and oxygen atoms in total. The van der Waals surface area contributed by atoms with Gasteiger partial charge in [-0.1, -0.05) is 0 Å². The minimum absolute atomic E-state index is 0.201. The lowest BCUT2D eigenvalue weighted by molar-refractivity contribution is -0.114. The molecule has 1 aliphatic heterocycles. The average molecular weight is 234 g/mol. The van der Waals surface area contributed by atoms with Crippen LogP contribution in [0, 0.1) is 0 Å². The van der Waals surface area contributed by atoms with E-state index in [1.165, 1.54) is 26.2 Å². The number of amides is 2. The van der Waals surface area contributed by atoms with Gasteiger partial charge in [0.1, 0.15) is 5.75 Å². The Balaban J connectivity index is 2.52. The maximum absolute atomic E-state index is 11.5. The van der Waals surface area contributed by atoms with Crippen molar-refractivity contribution in [2.75, 3.05) is 17.7 Å². The number of ether oxygens (including phenoxy) is 1. The van der Waals surface area contributed by atoms with Gasteiger partial charge in [0.05, 0.1) is 18.4 Å². The van der Waals surface area contributed by atoms with Gasteiger partial charge in [-0.2, -0.15) is 0 Å². The highest BCUT2D eigenvalue weighted by Crippen LogP contribution is 2.35. The van der Waals surface area contributed by atoms with Gasteiger partial charge < -0.3 is 15.4 Å². The first-order valence-electron chi connectivity index (χ1n) is 4.88. The number of anilines is 2. The number of ketones is 1. The number of fused-ring (bicyclic) bond motifs is 1. The van der Waals surface area contributed by atoms with Gasteiger partial charge in [0.25, 0.3) is 11.7 Å². The van der Waals surface area contributed by atoms with E-state index in [0.29, 0.717) is 11.4 Å². The second-order valence-corrected chi connectivity index (χ2v) is 3.57. The van der Waals surface area contributed by atoms with Gasteiger partial charge in [0, 0.05) is 18.7 Å². The summed E-state index contributed by atoms with van der Waals surface area (Å²) in [4.78, 5) is 33.7. The first-order chi connectivity index (χ1) is 8.02. The Hall–Kier alpha value is -2.37. The van der Waals surface area contributed by atoms with Gasteiger partial charge in [-0.15, -0.1) is 0 Å². The van der Waals surface area contributed by atoms with E-state index in [9.17, 15) is 14.4 Å². The first kappa shape index (κ1) is 11.1. The van der Waals surface area contributed by atoms with Crippen molar-refractivity contribution in [1.82, 2.24) is 0 Å². The third-order valence-electron chi connectivity index (χ3n) is 2.32.